The topological polar surface area (TPSA) is 43.4 Å². The van der Waals surface area contributed by atoms with E-state index in [4.69, 9.17) is 4.74 Å². The Morgan fingerprint density at radius 1 is 1.26 bits per heavy atom. The molecule has 100 valence electrons. The number of rotatable bonds is 2. The standard InChI is InChI=1S/C15H15IO3/c1-10-7-8-12(9-13(16)14(10)17)19-15(18)11-5-3-2-4-6-11/h2-6,9-10,12H,7-8H2,1H3/t10-,12+/m0/s1. The second kappa shape index (κ2) is 6.32. The molecule has 0 spiro atoms. The maximum atomic E-state index is 12.0. The number of carbonyl (C=O) groups is 2. The monoisotopic (exact) mass is 370 g/mol. The van der Waals surface area contributed by atoms with Gasteiger partial charge in [-0.1, -0.05) is 25.1 Å². The number of esters is 1. The molecular weight excluding hydrogens is 355 g/mol. The molecule has 0 aromatic heterocycles. The average Bonchev–Trinajstić information content (AvgIpc) is 2.54. The van der Waals surface area contributed by atoms with Crippen LogP contribution in [0.4, 0.5) is 0 Å². The Bertz CT molecular complexity index is 507. The van der Waals surface area contributed by atoms with Gasteiger partial charge in [0, 0.05) is 5.92 Å². The van der Waals surface area contributed by atoms with Crippen molar-refractivity contribution in [2.45, 2.75) is 25.9 Å². The fraction of sp³-hybridized carbons (Fsp3) is 0.333. The molecular formula is C15H15IO3. The lowest BCUT2D eigenvalue weighted by molar-refractivity contribution is -0.117. The zero-order chi connectivity index (χ0) is 13.8. The highest BCUT2D eigenvalue weighted by Gasteiger charge is 2.24. The summed E-state index contributed by atoms with van der Waals surface area (Å²) < 4.78 is 6.11. The van der Waals surface area contributed by atoms with E-state index in [-0.39, 0.29) is 23.8 Å². The van der Waals surface area contributed by atoms with Crippen LogP contribution in [0.1, 0.15) is 30.1 Å². The molecule has 1 aliphatic rings. The maximum absolute atomic E-state index is 12.0. The molecule has 3 nitrogen and oxygen atoms in total. The number of benzene rings is 1. The first-order valence-corrected chi connectivity index (χ1v) is 7.33. The zero-order valence-electron chi connectivity index (χ0n) is 10.6. The molecule has 0 fully saturated rings. The van der Waals surface area contributed by atoms with Crippen LogP contribution in [-0.4, -0.2) is 17.9 Å². The number of hydrogen-bond acceptors (Lipinski definition) is 3. The summed E-state index contributed by atoms with van der Waals surface area (Å²) >= 11 is 2.02. The molecule has 0 saturated carbocycles. The van der Waals surface area contributed by atoms with Crippen molar-refractivity contribution < 1.29 is 14.3 Å². The van der Waals surface area contributed by atoms with E-state index in [2.05, 4.69) is 0 Å². The third kappa shape index (κ3) is 3.65. The Morgan fingerprint density at radius 2 is 1.95 bits per heavy atom. The van der Waals surface area contributed by atoms with E-state index in [1.165, 1.54) is 0 Å². The number of ether oxygens (including phenoxy) is 1. The van der Waals surface area contributed by atoms with Crippen LogP contribution in [0.3, 0.4) is 0 Å². The van der Waals surface area contributed by atoms with Gasteiger partial charge in [-0.3, -0.25) is 4.79 Å². The molecule has 1 aromatic carbocycles. The summed E-state index contributed by atoms with van der Waals surface area (Å²) in [5.41, 5.74) is 0.537. The van der Waals surface area contributed by atoms with E-state index in [1.807, 2.05) is 35.6 Å². The summed E-state index contributed by atoms with van der Waals surface area (Å²) in [7, 11) is 0. The van der Waals surface area contributed by atoms with Gasteiger partial charge in [0.1, 0.15) is 6.10 Å². The Morgan fingerprint density at radius 3 is 2.63 bits per heavy atom. The summed E-state index contributed by atoms with van der Waals surface area (Å²) in [5, 5.41) is 0. The molecule has 0 N–H and O–H groups in total. The molecule has 2 rings (SSSR count). The highest BCUT2D eigenvalue weighted by Crippen LogP contribution is 2.25. The van der Waals surface area contributed by atoms with Crippen molar-refractivity contribution in [2.24, 2.45) is 5.92 Å². The van der Waals surface area contributed by atoms with Crippen LogP contribution >= 0.6 is 22.6 Å². The first kappa shape index (κ1) is 14.2. The molecule has 0 bridgehead atoms. The van der Waals surface area contributed by atoms with Crippen LogP contribution in [-0.2, 0) is 9.53 Å². The van der Waals surface area contributed by atoms with Crippen LogP contribution in [0.15, 0.2) is 40.0 Å². The Labute approximate surface area is 126 Å². The minimum absolute atomic E-state index is 0.00331. The fourth-order valence-electron chi connectivity index (χ4n) is 1.98. The molecule has 0 radical (unpaired) electrons. The van der Waals surface area contributed by atoms with Crippen LogP contribution < -0.4 is 0 Å². The molecule has 19 heavy (non-hydrogen) atoms. The van der Waals surface area contributed by atoms with E-state index >= 15 is 0 Å². The van der Waals surface area contributed by atoms with Gasteiger partial charge in [-0.2, -0.15) is 0 Å². The summed E-state index contributed by atoms with van der Waals surface area (Å²) in [4.78, 5) is 23.8. The molecule has 2 atom stereocenters. The molecule has 0 amide bonds. The predicted octanol–water partition coefficient (Wildman–Crippen LogP) is 3.53. The summed E-state index contributed by atoms with van der Waals surface area (Å²) in [6, 6.07) is 8.90. The summed E-state index contributed by atoms with van der Waals surface area (Å²) in [6.07, 6.45) is 2.88. The van der Waals surface area contributed by atoms with Crippen molar-refractivity contribution in [1.82, 2.24) is 0 Å². The highest BCUT2D eigenvalue weighted by atomic mass is 127. The third-order valence-electron chi connectivity index (χ3n) is 3.17. The third-order valence-corrected chi connectivity index (χ3v) is 4.06. The lowest BCUT2D eigenvalue weighted by Crippen LogP contribution is -2.16. The minimum atomic E-state index is -0.340. The van der Waals surface area contributed by atoms with Crippen molar-refractivity contribution in [3.63, 3.8) is 0 Å². The quantitative estimate of drug-likeness (QED) is 0.591. The van der Waals surface area contributed by atoms with Gasteiger partial charge in [-0.25, -0.2) is 4.79 Å². The number of hydrogen-bond donors (Lipinski definition) is 0. The fourth-order valence-corrected chi connectivity index (χ4v) is 2.91. The normalized spacial score (nSPS) is 23.5. The van der Waals surface area contributed by atoms with Gasteiger partial charge in [-0.15, -0.1) is 0 Å². The van der Waals surface area contributed by atoms with Crippen molar-refractivity contribution in [2.75, 3.05) is 0 Å². The van der Waals surface area contributed by atoms with Gasteiger partial charge in [0.05, 0.1) is 9.14 Å². The van der Waals surface area contributed by atoms with Crippen molar-refractivity contribution in [1.29, 1.82) is 0 Å². The van der Waals surface area contributed by atoms with Gasteiger partial charge in [0.2, 0.25) is 0 Å². The van der Waals surface area contributed by atoms with Gasteiger partial charge >= 0.3 is 5.97 Å². The van der Waals surface area contributed by atoms with Crippen LogP contribution in [0.25, 0.3) is 0 Å². The maximum Gasteiger partial charge on any atom is 0.338 e. The zero-order valence-corrected chi connectivity index (χ0v) is 12.8. The van der Waals surface area contributed by atoms with E-state index in [0.29, 0.717) is 15.6 Å². The van der Waals surface area contributed by atoms with Crippen LogP contribution in [0.5, 0.6) is 0 Å². The number of allylic oxidation sites excluding steroid dienone is 1. The lowest BCUT2D eigenvalue weighted by atomic mass is 10.0. The second-order valence-electron chi connectivity index (χ2n) is 4.67. The van der Waals surface area contributed by atoms with Gasteiger partial charge < -0.3 is 4.74 Å². The molecule has 1 aromatic rings. The minimum Gasteiger partial charge on any atom is -0.454 e. The lowest BCUT2D eigenvalue weighted by Gasteiger charge is -2.13. The Hall–Kier alpha value is -1.17. The smallest absolute Gasteiger partial charge is 0.338 e. The first-order chi connectivity index (χ1) is 9.08. The SMILES string of the molecule is C[C@H]1CC[C@@H](OC(=O)c2ccccc2)C=C(I)C1=O. The molecule has 1 aliphatic carbocycles. The van der Waals surface area contributed by atoms with Gasteiger partial charge in [-0.05, 0) is 53.6 Å². The molecule has 0 heterocycles. The van der Waals surface area contributed by atoms with Crippen molar-refractivity contribution in [3.05, 3.63) is 45.6 Å². The van der Waals surface area contributed by atoms with E-state index in [1.54, 1.807) is 30.3 Å². The highest BCUT2D eigenvalue weighted by molar-refractivity contribution is 14.1. The first-order valence-electron chi connectivity index (χ1n) is 6.25. The molecule has 4 heteroatoms. The largest absolute Gasteiger partial charge is 0.454 e. The van der Waals surface area contributed by atoms with Gasteiger partial charge in [0.25, 0.3) is 0 Å². The van der Waals surface area contributed by atoms with E-state index < -0.39 is 0 Å². The second-order valence-corrected chi connectivity index (χ2v) is 5.83. The molecule has 0 aliphatic heterocycles. The molecule has 0 saturated heterocycles. The number of halogens is 1. The molecule has 0 unspecified atom stereocenters. The summed E-state index contributed by atoms with van der Waals surface area (Å²) in [6.45, 7) is 1.91. The van der Waals surface area contributed by atoms with Crippen molar-refractivity contribution in [3.8, 4) is 0 Å². The number of carbonyl (C=O) groups excluding carboxylic acids is 2. The Balaban J connectivity index is 2.07. The predicted molar refractivity (Wildman–Crippen MR) is 81.2 cm³/mol. The van der Waals surface area contributed by atoms with Crippen molar-refractivity contribution >= 4 is 34.3 Å². The van der Waals surface area contributed by atoms with Crippen LogP contribution in [0.2, 0.25) is 0 Å². The van der Waals surface area contributed by atoms with E-state index in [0.717, 1.165) is 6.42 Å². The summed E-state index contributed by atoms with van der Waals surface area (Å²) in [5.74, 6) is -0.199. The number of ketones is 1. The number of Topliss-reactive ketones (excluding diaryl/α,β-unsaturated/α-hetero) is 1. The van der Waals surface area contributed by atoms with Gasteiger partial charge in [0.15, 0.2) is 5.78 Å². The average molecular weight is 370 g/mol. The van der Waals surface area contributed by atoms with E-state index in [9.17, 15) is 9.59 Å². The van der Waals surface area contributed by atoms with Crippen LogP contribution in [0, 0.1) is 5.92 Å². The Kier molecular flexibility index (Phi) is 4.74.